The molecule has 1 N–H and O–H groups in total. The molecule has 19 heavy (non-hydrogen) atoms. The standard InChI is InChI=1S/C12H16ClFN2O3/c1-7(2)11(6-19-3)15-10-4-8(13)9(14)5-12(10)16(17)18/h4-5,7,11,15H,6H2,1-3H3. The van der Waals surface area contributed by atoms with Gasteiger partial charge in [0.1, 0.15) is 11.5 Å². The second kappa shape index (κ2) is 6.68. The van der Waals surface area contributed by atoms with E-state index in [-0.39, 0.29) is 28.4 Å². The zero-order chi connectivity index (χ0) is 14.6. The maximum absolute atomic E-state index is 13.3. The summed E-state index contributed by atoms with van der Waals surface area (Å²) in [5.74, 6) is -0.630. The van der Waals surface area contributed by atoms with Crippen LogP contribution in [0.4, 0.5) is 15.8 Å². The lowest BCUT2D eigenvalue weighted by molar-refractivity contribution is -0.384. The number of anilines is 1. The van der Waals surface area contributed by atoms with Gasteiger partial charge in [-0.05, 0) is 12.0 Å². The van der Waals surface area contributed by atoms with Crippen LogP contribution in [0.2, 0.25) is 5.02 Å². The molecule has 0 aliphatic rings. The molecule has 0 spiro atoms. The van der Waals surface area contributed by atoms with Crippen molar-refractivity contribution in [3.63, 3.8) is 0 Å². The fourth-order valence-corrected chi connectivity index (χ4v) is 1.75. The fourth-order valence-electron chi connectivity index (χ4n) is 1.58. The third-order valence-electron chi connectivity index (χ3n) is 2.73. The average Bonchev–Trinajstić information content (AvgIpc) is 2.32. The maximum atomic E-state index is 13.3. The van der Waals surface area contributed by atoms with Crippen LogP contribution in [0.5, 0.6) is 0 Å². The monoisotopic (exact) mass is 290 g/mol. The van der Waals surface area contributed by atoms with Gasteiger partial charge in [-0.15, -0.1) is 0 Å². The summed E-state index contributed by atoms with van der Waals surface area (Å²) in [6.07, 6.45) is 0. The zero-order valence-electron chi connectivity index (χ0n) is 10.9. The second-order valence-corrected chi connectivity index (χ2v) is 4.90. The molecule has 0 aliphatic carbocycles. The van der Waals surface area contributed by atoms with Crippen LogP contribution in [0, 0.1) is 21.8 Å². The summed E-state index contributed by atoms with van der Waals surface area (Å²) in [5.41, 5.74) is -0.157. The number of rotatable bonds is 6. The van der Waals surface area contributed by atoms with Crippen LogP contribution >= 0.6 is 11.6 Å². The van der Waals surface area contributed by atoms with E-state index >= 15 is 0 Å². The quantitative estimate of drug-likeness (QED) is 0.643. The van der Waals surface area contributed by atoms with Gasteiger partial charge in [0.05, 0.1) is 28.7 Å². The Bertz CT molecular complexity index is 469. The van der Waals surface area contributed by atoms with E-state index < -0.39 is 10.7 Å². The van der Waals surface area contributed by atoms with Crippen molar-refractivity contribution in [1.82, 2.24) is 0 Å². The lowest BCUT2D eigenvalue weighted by Gasteiger charge is -2.22. The number of halogens is 2. The average molecular weight is 291 g/mol. The number of nitro groups is 1. The third-order valence-corrected chi connectivity index (χ3v) is 3.02. The van der Waals surface area contributed by atoms with Gasteiger partial charge in [-0.1, -0.05) is 25.4 Å². The van der Waals surface area contributed by atoms with Crippen LogP contribution in [-0.2, 0) is 4.74 Å². The SMILES string of the molecule is COCC(Nc1cc(Cl)c(F)cc1[N+](=O)[O-])C(C)C. The van der Waals surface area contributed by atoms with E-state index in [0.717, 1.165) is 6.07 Å². The molecule has 106 valence electrons. The molecule has 7 heteroatoms. The van der Waals surface area contributed by atoms with Crippen LogP contribution in [0.3, 0.4) is 0 Å². The normalized spacial score (nSPS) is 12.5. The lowest BCUT2D eigenvalue weighted by atomic mass is 10.0. The molecule has 1 unspecified atom stereocenters. The molecule has 0 bridgehead atoms. The van der Waals surface area contributed by atoms with Crippen molar-refractivity contribution in [3.05, 3.63) is 33.1 Å². The highest BCUT2D eigenvalue weighted by Gasteiger charge is 2.21. The summed E-state index contributed by atoms with van der Waals surface area (Å²) >= 11 is 5.66. The molecule has 0 saturated heterocycles. The highest BCUT2D eigenvalue weighted by atomic mass is 35.5. The molecule has 1 atom stereocenters. The van der Waals surface area contributed by atoms with E-state index in [1.54, 1.807) is 7.11 Å². The Hall–Kier alpha value is -1.40. The van der Waals surface area contributed by atoms with Crippen molar-refractivity contribution in [2.45, 2.75) is 19.9 Å². The predicted molar refractivity (Wildman–Crippen MR) is 72.2 cm³/mol. The topological polar surface area (TPSA) is 64.4 Å². The summed E-state index contributed by atoms with van der Waals surface area (Å²) in [4.78, 5) is 10.3. The lowest BCUT2D eigenvalue weighted by Crippen LogP contribution is -2.30. The summed E-state index contributed by atoms with van der Waals surface area (Å²) in [6, 6.07) is 1.90. The van der Waals surface area contributed by atoms with Gasteiger partial charge in [-0.3, -0.25) is 10.1 Å². The molecule has 0 amide bonds. The first-order valence-corrected chi connectivity index (χ1v) is 6.13. The van der Waals surface area contributed by atoms with Crippen LogP contribution in [-0.4, -0.2) is 24.7 Å². The van der Waals surface area contributed by atoms with Crippen LogP contribution < -0.4 is 5.32 Å². The smallest absolute Gasteiger partial charge is 0.295 e. The van der Waals surface area contributed by atoms with Gasteiger partial charge in [0, 0.05) is 7.11 Å². The first kappa shape index (κ1) is 15.7. The number of nitro benzene ring substituents is 1. The number of nitrogens with zero attached hydrogens (tertiary/aromatic N) is 1. The van der Waals surface area contributed by atoms with Crippen molar-refractivity contribution >= 4 is 23.0 Å². The molecule has 1 aromatic rings. The summed E-state index contributed by atoms with van der Waals surface area (Å²) < 4.78 is 18.3. The Morgan fingerprint density at radius 2 is 2.16 bits per heavy atom. The van der Waals surface area contributed by atoms with Gasteiger partial charge in [0.15, 0.2) is 0 Å². The molecule has 0 aromatic heterocycles. The van der Waals surface area contributed by atoms with Gasteiger partial charge in [-0.25, -0.2) is 4.39 Å². The molecule has 0 saturated carbocycles. The van der Waals surface area contributed by atoms with Gasteiger partial charge in [0.2, 0.25) is 0 Å². The first-order chi connectivity index (χ1) is 8.86. The molecule has 1 rings (SSSR count). The van der Waals surface area contributed by atoms with Gasteiger partial charge in [0.25, 0.3) is 5.69 Å². The highest BCUT2D eigenvalue weighted by Crippen LogP contribution is 2.31. The minimum Gasteiger partial charge on any atom is -0.383 e. The Morgan fingerprint density at radius 1 is 1.53 bits per heavy atom. The minimum absolute atomic E-state index is 0.134. The Balaban J connectivity index is 3.10. The van der Waals surface area contributed by atoms with Crippen molar-refractivity contribution in [1.29, 1.82) is 0 Å². The molecular weight excluding hydrogens is 275 g/mol. The molecular formula is C12H16ClFN2O3. The first-order valence-electron chi connectivity index (χ1n) is 5.75. The molecule has 5 nitrogen and oxygen atoms in total. The number of ether oxygens (including phenoxy) is 1. The maximum Gasteiger partial charge on any atom is 0.295 e. The summed E-state index contributed by atoms with van der Waals surface area (Å²) in [7, 11) is 1.54. The molecule has 0 radical (unpaired) electrons. The van der Waals surface area contributed by atoms with Gasteiger partial charge in [-0.2, -0.15) is 0 Å². The van der Waals surface area contributed by atoms with Gasteiger partial charge < -0.3 is 10.1 Å². The van der Waals surface area contributed by atoms with Crippen LogP contribution in [0.25, 0.3) is 0 Å². The van der Waals surface area contributed by atoms with E-state index in [9.17, 15) is 14.5 Å². The highest BCUT2D eigenvalue weighted by molar-refractivity contribution is 6.31. The second-order valence-electron chi connectivity index (χ2n) is 4.49. The molecule has 1 aromatic carbocycles. The largest absolute Gasteiger partial charge is 0.383 e. The van der Waals surface area contributed by atoms with E-state index in [2.05, 4.69) is 5.32 Å². The molecule has 0 aliphatic heterocycles. The number of methoxy groups -OCH3 is 1. The Kier molecular flexibility index (Phi) is 5.50. The van der Waals surface area contributed by atoms with Crippen molar-refractivity contribution in [3.8, 4) is 0 Å². The Labute approximate surface area is 115 Å². The van der Waals surface area contributed by atoms with E-state index in [4.69, 9.17) is 16.3 Å². The number of nitrogens with one attached hydrogen (secondary N) is 1. The van der Waals surface area contributed by atoms with Crippen molar-refractivity contribution in [2.75, 3.05) is 19.0 Å². The van der Waals surface area contributed by atoms with Crippen molar-refractivity contribution in [2.24, 2.45) is 5.92 Å². The molecule has 0 heterocycles. The van der Waals surface area contributed by atoms with Crippen molar-refractivity contribution < 1.29 is 14.1 Å². The molecule has 0 fully saturated rings. The summed E-state index contributed by atoms with van der Waals surface area (Å²) in [6.45, 7) is 4.28. The fraction of sp³-hybridized carbons (Fsp3) is 0.500. The number of hydrogen-bond acceptors (Lipinski definition) is 4. The zero-order valence-corrected chi connectivity index (χ0v) is 11.7. The van der Waals surface area contributed by atoms with Crippen LogP contribution in [0.1, 0.15) is 13.8 Å². The minimum atomic E-state index is -0.813. The van der Waals surface area contributed by atoms with Crippen LogP contribution in [0.15, 0.2) is 12.1 Å². The number of hydrogen-bond donors (Lipinski definition) is 1. The van der Waals surface area contributed by atoms with E-state index in [1.807, 2.05) is 13.8 Å². The van der Waals surface area contributed by atoms with Gasteiger partial charge >= 0.3 is 0 Å². The Morgan fingerprint density at radius 3 is 2.63 bits per heavy atom. The van der Waals surface area contributed by atoms with E-state index in [1.165, 1.54) is 6.07 Å². The predicted octanol–water partition coefficient (Wildman–Crippen LogP) is 3.47. The summed E-state index contributed by atoms with van der Waals surface area (Å²) in [5, 5.41) is 13.7. The number of benzene rings is 1. The third kappa shape index (κ3) is 4.04. The van der Waals surface area contributed by atoms with E-state index in [0.29, 0.717) is 6.61 Å².